The molecule has 0 nitrogen and oxygen atoms in total. The molecule has 12 aromatic rings. The van der Waals surface area contributed by atoms with E-state index in [0.717, 1.165) is 19.3 Å². The van der Waals surface area contributed by atoms with E-state index in [1.54, 1.807) is 157 Å². The van der Waals surface area contributed by atoms with Crippen LogP contribution in [0, 0.1) is 0 Å². The molecule has 11 aromatic carbocycles. The van der Waals surface area contributed by atoms with E-state index >= 15 is 0 Å². The van der Waals surface area contributed by atoms with E-state index in [9.17, 15) is 0 Å². The third kappa shape index (κ3) is 1.46. The van der Waals surface area contributed by atoms with E-state index in [1.165, 1.54) is 18.2 Å². The van der Waals surface area contributed by atoms with Gasteiger partial charge >= 0.3 is 0 Å². The Kier molecular flexibility index (Phi) is 2.45. The first-order chi connectivity index (χ1) is 23.8. The number of benzene rings is 7. The van der Waals surface area contributed by atoms with Crippen molar-refractivity contribution in [3.05, 3.63) is 97.2 Å². The number of rotatable bonds is 3. The summed E-state index contributed by atoms with van der Waals surface area (Å²) in [5.74, 6) is 0.516. The van der Waals surface area contributed by atoms with Crippen molar-refractivity contribution in [2.24, 2.45) is 0 Å². The molecule has 0 radical (unpaired) electrons. The number of thiophene rings is 1. The second-order valence-corrected chi connectivity index (χ2v) is 18.1. The van der Waals surface area contributed by atoms with Gasteiger partial charge in [-0.3, -0.25) is 0 Å². The fourth-order valence-electron chi connectivity index (χ4n) is 15.4. The van der Waals surface area contributed by atoms with Gasteiger partial charge in [0.05, 0.1) is 0 Å². The molecular formula is C47H22S. The predicted octanol–water partition coefficient (Wildman–Crippen LogP) is 12.2. The SMILES string of the molecule is CCCC1(c2cccs2)C2c3cc4cc5c6c4c4c3c3c7c8c9c%10c(cc%11c%12c%13c(cc(c%14c%13c%13c(c%12%10)c9c3c4c%13c6%14)C5)C%11)CC8=CC721. The smallest absolute Gasteiger partial charge is 0.0340 e. The lowest BCUT2D eigenvalue weighted by molar-refractivity contribution is 0.556. The summed E-state index contributed by atoms with van der Waals surface area (Å²) in [6, 6.07) is 15.6. The van der Waals surface area contributed by atoms with Gasteiger partial charge in [-0.25, -0.2) is 0 Å². The third-order valence-electron chi connectivity index (χ3n) is 16.1. The second-order valence-electron chi connectivity index (χ2n) is 17.2. The van der Waals surface area contributed by atoms with Crippen LogP contribution < -0.4 is 0 Å². The molecule has 0 aliphatic heterocycles. The summed E-state index contributed by atoms with van der Waals surface area (Å²) in [7, 11) is 0. The molecule has 216 valence electrons. The Labute approximate surface area is 276 Å². The maximum Gasteiger partial charge on any atom is 0.0340 e. The molecule has 1 fully saturated rings. The molecule has 3 atom stereocenters. The minimum absolute atomic E-state index is 0.0645. The summed E-state index contributed by atoms with van der Waals surface area (Å²) < 4.78 is 0. The molecule has 6 aliphatic carbocycles. The molecule has 0 saturated heterocycles. The number of fused-ring (bicyclic) bond motifs is 1. The Balaban J connectivity index is 1.29. The van der Waals surface area contributed by atoms with Gasteiger partial charge in [-0.05, 0) is 195 Å². The summed E-state index contributed by atoms with van der Waals surface area (Å²) in [6.07, 6.45) is 8.69. The van der Waals surface area contributed by atoms with Crippen LogP contribution in [0.15, 0.2) is 47.9 Å². The number of allylic oxidation sites excluding steroid dienone is 2. The molecule has 1 heterocycles. The molecule has 0 N–H and O–H groups in total. The molecule has 1 saturated carbocycles. The van der Waals surface area contributed by atoms with E-state index in [0.29, 0.717) is 5.92 Å². The maximum atomic E-state index is 2.91. The molecule has 3 unspecified atom stereocenters. The van der Waals surface area contributed by atoms with E-state index in [2.05, 4.69) is 54.8 Å². The molecule has 0 amide bonds. The Bertz CT molecular complexity index is 3700. The Morgan fingerprint density at radius 3 is 1.90 bits per heavy atom. The van der Waals surface area contributed by atoms with E-state index in [4.69, 9.17) is 0 Å². The first-order valence-corrected chi connectivity index (χ1v) is 19.2. The van der Waals surface area contributed by atoms with Crippen molar-refractivity contribution in [3.8, 4) is 0 Å². The molecule has 1 spiro atoms. The number of hydrogen-bond donors (Lipinski definition) is 0. The summed E-state index contributed by atoms with van der Waals surface area (Å²) in [5, 5.41) is 35.2. The first kappa shape index (κ1) is 21.3. The van der Waals surface area contributed by atoms with Crippen LogP contribution in [0.1, 0.15) is 75.1 Å². The quantitative estimate of drug-likeness (QED) is 0.173. The highest BCUT2D eigenvalue weighted by molar-refractivity contribution is 7.10. The minimum Gasteiger partial charge on any atom is -0.148 e. The maximum absolute atomic E-state index is 2.91. The van der Waals surface area contributed by atoms with E-state index < -0.39 is 0 Å². The topological polar surface area (TPSA) is 0 Å². The number of hydrogen-bond acceptors (Lipinski definition) is 1. The Hall–Kier alpha value is -4.72. The first-order valence-electron chi connectivity index (χ1n) is 18.3. The highest BCUT2D eigenvalue weighted by Gasteiger charge is 2.80. The molecule has 18 rings (SSSR count). The lowest BCUT2D eigenvalue weighted by atomic mass is 9.78. The van der Waals surface area contributed by atoms with Gasteiger partial charge < -0.3 is 0 Å². The zero-order valence-electron chi connectivity index (χ0n) is 26.1. The Morgan fingerprint density at radius 1 is 0.604 bits per heavy atom. The standard InChI is InChI=1S/C47H22S/c1-2-5-46(23-4-3-6-48-23)45-22-13-20-11-17-9-18-8-15-7-16-10-19-12-21-14-47(45,46)44-30(21)35-29(19)34-25(16)24(15)32-28(18)33-26(17)27(20)36-31(22)43(44)42-40(35)38(34)37(32)39(33)41(36)42/h3-4,6,8,10-11,13-14,45H,2,5,7,9,12H2,1H3. The molecule has 1 heteroatoms. The molecule has 48 heavy (non-hydrogen) atoms. The normalized spacial score (nSPS) is 25.6. The fourth-order valence-corrected chi connectivity index (χ4v) is 16.5. The van der Waals surface area contributed by atoms with Gasteiger partial charge in [0, 0.05) is 21.6 Å². The van der Waals surface area contributed by atoms with Crippen LogP contribution in [-0.2, 0) is 30.1 Å². The average Bonchev–Trinajstić information content (AvgIpc) is 3.86. The summed E-state index contributed by atoms with van der Waals surface area (Å²) in [5.41, 5.74) is 15.0. The lowest BCUT2D eigenvalue weighted by Gasteiger charge is -2.24. The molecule has 1 aromatic heterocycles. The Morgan fingerprint density at radius 2 is 1.19 bits per heavy atom. The monoisotopic (exact) mass is 618 g/mol. The zero-order chi connectivity index (χ0) is 29.8. The van der Waals surface area contributed by atoms with Crippen molar-refractivity contribution in [2.75, 3.05) is 0 Å². The lowest BCUT2D eigenvalue weighted by Crippen LogP contribution is -2.19. The van der Waals surface area contributed by atoms with Gasteiger partial charge in [0.1, 0.15) is 0 Å². The van der Waals surface area contributed by atoms with Gasteiger partial charge in [-0.1, -0.05) is 49.8 Å². The predicted molar refractivity (Wildman–Crippen MR) is 202 cm³/mol. The molecule has 0 bridgehead atoms. The highest BCUT2D eigenvalue weighted by Crippen LogP contribution is 2.85. The van der Waals surface area contributed by atoms with Crippen LogP contribution in [-0.4, -0.2) is 0 Å². The second kappa shape index (κ2) is 5.52. The van der Waals surface area contributed by atoms with Gasteiger partial charge in [-0.15, -0.1) is 11.3 Å². The largest absolute Gasteiger partial charge is 0.148 e. The molecule has 6 aliphatic rings. The van der Waals surface area contributed by atoms with Crippen LogP contribution in [0.25, 0.3) is 113 Å². The average molecular weight is 619 g/mol. The fraction of sp³-hybridized carbons (Fsp3) is 0.191. The van der Waals surface area contributed by atoms with Crippen LogP contribution in [0.5, 0.6) is 0 Å². The van der Waals surface area contributed by atoms with Gasteiger partial charge in [0.15, 0.2) is 0 Å². The summed E-state index contributed by atoms with van der Waals surface area (Å²) in [4.78, 5) is 1.63. The van der Waals surface area contributed by atoms with Crippen molar-refractivity contribution in [1.29, 1.82) is 0 Å². The zero-order valence-corrected chi connectivity index (χ0v) is 27.0. The van der Waals surface area contributed by atoms with Crippen molar-refractivity contribution in [2.45, 2.75) is 55.8 Å². The van der Waals surface area contributed by atoms with Crippen LogP contribution >= 0.6 is 11.3 Å². The van der Waals surface area contributed by atoms with E-state index in [-0.39, 0.29) is 10.8 Å². The summed E-state index contributed by atoms with van der Waals surface area (Å²) in [6.45, 7) is 2.44. The van der Waals surface area contributed by atoms with Gasteiger partial charge in [-0.2, -0.15) is 0 Å². The van der Waals surface area contributed by atoms with E-state index in [1.807, 2.05) is 11.3 Å². The third-order valence-corrected chi connectivity index (χ3v) is 17.1. The van der Waals surface area contributed by atoms with Crippen LogP contribution in [0.4, 0.5) is 0 Å². The summed E-state index contributed by atoms with van der Waals surface area (Å²) >= 11 is 2.04. The van der Waals surface area contributed by atoms with Crippen LogP contribution in [0.3, 0.4) is 0 Å². The van der Waals surface area contributed by atoms with Crippen LogP contribution in [0.2, 0.25) is 0 Å². The van der Waals surface area contributed by atoms with Crippen molar-refractivity contribution in [3.63, 3.8) is 0 Å². The van der Waals surface area contributed by atoms with Crippen molar-refractivity contribution in [1.82, 2.24) is 0 Å². The highest BCUT2D eigenvalue weighted by atomic mass is 32.1. The van der Waals surface area contributed by atoms with Gasteiger partial charge in [0.2, 0.25) is 0 Å². The minimum atomic E-state index is 0.0645. The van der Waals surface area contributed by atoms with Crippen molar-refractivity contribution >= 4 is 125 Å². The van der Waals surface area contributed by atoms with Gasteiger partial charge in [0.25, 0.3) is 0 Å². The van der Waals surface area contributed by atoms with Crippen molar-refractivity contribution < 1.29 is 0 Å². The molecular weight excluding hydrogens is 597 g/mol.